The monoisotopic (exact) mass is 587 g/mol. The fourth-order valence-electron chi connectivity index (χ4n) is 5.26. The minimum atomic E-state index is -0.169. The molecule has 224 valence electrons. The first-order valence-corrected chi connectivity index (χ1v) is 14.8. The van der Waals surface area contributed by atoms with Crippen LogP contribution < -0.4 is 10.6 Å². The van der Waals surface area contributed by atoms with Crippen molar-refractivity contribution in [1.29, 1.82) is 0 Å². The number of nitrogens with zero attached hydrogens (tertiary/aromatic N) is 5. The van der Waals surface area contributed by atoms with Crippen LogP contribution in [-0.2, 0) is 5.41 Å². The third kappa shape index (κ3) is 6.33. The molecule has 9 nitrogen and oxygen atoms in total. The Morgan fingerprint density at radius 3 is 2.25 bits per heavy atom. The zero-order valence-electron chi connectivity index (χ0n) is 25.5. The van der Waals surface area contributed by atoms with Crippen molar-refractivity contribution >= 4 is 34.7 Å². The quantitative estimate of drug-likeness (QED) is 0.250. The number of hydrogen-bond donors (Lipinski definition) is 2. The Hall–Kier alpha value is -5.02. The van der Waals surface area contributed by atoms with E-state index in [9.17, 15) is 9.59 Å². The van der Waals surface area contributed by atoms with Crippen LogP contribution in [-0.4, -0.2) is 69.2 Å². The maximum absolute atomic E-state index is 13.0. The molecular formula is C35H37N7O2. The van der Waals surface area contributed by atoms with Gasteiger partial charge in [-0.05, 0) is 66.6 Å². The highest BCUT2D eigenvalue weighted by Gasteiger charge is 2.20. The number of aromatic nitrogens is 3. The highest BCUT2D eigenvalue weighted by molar-refractivity contribution is 6.04. The molecule has 1 aliphatic heterocycles. The van der Waals surface area contributed by atoms with Crippen molar-refractivity contribution in [3.05, 3.63) is 108 Å². The van der Waals surface area contributed by atoms with Crippen LogP contribution in [0.15, 0.2) is 91.4 Å². The second kappa shape index (κ2) is 11.9. The molecule has 1 saturated heterocycles. The number of anilines is 3. The van der Waals surface area contributed by atoms with Crippen LogP contribution in [0.3, 0.4) is 0 Å². The van der Waals surface area contributed by atoms with E-state index in [0.717, 1.165) is 37.4 Å². The summed E-state index contributed by atoms with van der Waals surface area (Å²) in [6, 6.07) is 22.8. The van der Waals surface area contributed by atoms with Crippen molar-refractivity contribution in [2.24, 2.45) is 0 Å². The molecule has 44 heavy (non-hydrogen) atoms. The first-order valence-electron chi connectivity index (χ1n) is 14.8. The van der Waals surface area contributed by atoms with Gasteiger partial charge in [0.25, 0.3) is 11.8 Å². The van der Waals surface area contributed by atoms with Crippen LogP contribution in [0.5, 0.6) is 0 Å². The lowest BCUT2D eigenvalue weighted by molar-refractivity contribution is 0.0664. The number of nitrogens with one attached hydrogen (secondary N) is 2. The first-order chi connectivity index (χ1) is 21.1. The zero-order chi connectivity index (χ0) is 30.8. The lowest BCUT2D eigenvalue weighted by Gasteiger charge is -2.32. The molecule has 0 bridgehead atoms. The van der Waals surface area contributed by atoms with Gasteiger partial charge in [-0.25, -0.2) is 9.97 Å². The number of hydrogen-bond acceptors (Lipinski definition) is 6. The number of fused-ring (bicyclic) bond motifs is 1. The third-order valence-electron chi connectivity index (χ3n) is 7.99. The van der Waals surface area contributed by atoms with Crippen LogP contribution >= 0.6 is 0 Å². The normalized spacial score (nSPS) is 14.0. The summed E-state index contributed by atoms with van der Waals surface area (Å²) in [4.78, 5) is 39.5. The molecule has 6 rings (SSSR count). The Morgan fingerprint density at radius 2 is 1.55 bits per heavy atom. The summed E-state index contributed by atoms with van der Waals surface area (Å²) in [7, 11) is 2.07. The minimum absolute atomic E-state index is 0.0213. The molecule has 2 N–H and O–H groups in total. The van der Waals surface area contributed by atoms with E-state index in [2.05, 4.69) is 48.3 Å². The summed E-state index contributed by atoms with van der Waals surface area (Å²) in [5.41, 5.74) is 6.17. The summed E-state index contributed by atoms with van der Waals surface area (Å²) in [5, 5.41) is 6.40. The van der Waals surface area contributed by atoms with Crippen molar-refractivity contribution in [2.45, 2.75) is 26.2 Å². The molecule has 0 aliphatic carbocycles. The predicted octanol–water partition coefficient (Wildman–Crippen LogP) is 6.08. The average Bonchev–Trinajstić information content (AvgIpc) is 3.51. The maximum atomic E-state index is 13.0. The van der Waals surface area contributed by atoms with Crippen molar-refractivity contribution < 1.29 is 9.59 Å². The summed E-state index contributed by atoms with van der Waals surface area (Å²) >= 11 is 0. The molecule has 0 spiro atoms. The fraction of sp³-hybridized carbons (Fsp3) is 0.257. The number of rotatable bonds is 6. The number of imidazole rings is 1. The van der Waals surface area contributed by atoms with Crippen molar-refractivity contribution in [2.75, 3.05) is 43.9 Å². The number of carbonyl (C=O) groups is 2. The molecule has 2 aromatic heterocycles. The van der Waals surface area contributed by atoms with Crippen LogP contribution in [0.1, 0.15) is 47.1 Å². The van der Waals surface area contributed by atoms with E-state index in [1.54, 1.807) is 6.20 Å². The van der Waals surface area contributed by atoms with E-state index in [0.29, 0.717) is 34.0 Å². The van der Waals surface area contributed by atoms with Crippen LogP contribution in [0.4, 0.5) is 17.2 Å². The Balaban J connectivity index is 1.20. The van der Waals surface area contributed by atoms with Gasteiger partial charge in [0.2, 0.25) is 0 Å². The van der Waals surface area contributed by atoms with Crippen molar-refractivity contribution in [3.63, 3.8) is 0 Å². The zero-order valence-corrected chi connectivity index (χ0v) is 25.5. The average molecular weight is 588 g/mol. The minimum Gasteiger partial charge on any atom is -0.337 e. The van der Waals surface area contributed by atoms with Crippen molar-refractivity contribution in [1.82, 2.24) is 24.2 Å². The van der Waals surface area contributed by atoms with Gasteiger partial charge in [-0.2, -0.15) is 0 Å². The topological polar surface area (TPSA) is 94.9 Å². The number of amides is 2. The summed E-state index contributed by atoms with van der Waals surface area (Å²) in [6.07, 6.45) is 5.51. The van der Waals surface area contributed by atoms with Gasteiger partial charge in [-0.1, -0.05) is 45.0 Å². The number of carbonyl (C=O) groups excluding carboxylic acids is 2. The van der Waals surface area contributed by atoms with Gasteiger partial charge >= 0.3 is 0 Å². The van der Waals surface area contributed by atoms with Gasteiger partial charge in [0.05, 0.1) is 5.69 Å². The number of benzene rings is 3. The molecule has 1 aliphatic rings. The number of piperazine rings is 1. The molecule has 0 unspecified atom stereocenters. The summed E-state index contributed by atoms with van der Waals surface area (Å²) in [6.45, 7) is 9.69. The van der Waals surface area contributed by atoms with E-state index < -0.39 is 0 Å². The van der Waals surface area contributed by atoms with Gasteiger partial charge < -0.3 is 24.8 Å². The maximum Gasteiger partial charge on any atom is 0.255 e. The SMILES string of the molecule is CN1CCN(C(=O)c2ccc(Nc3nc(-c4cccc(NC(=O)c5ccc(C(C)(C)C)cc5)c4)cn4ccnc34)cc2)CC1. The van der Waals surface area contributed by atoms with Crippen LogP contribution in [0, 0.1) is 0 Å². The second-order valence-electron chi connectivity index (χ2n) is 12.3. The predicted molar refractivity (Wildman–Crippen MR) is 175 cm³/mol. The van der Waals surface area contributed by atoms with Crippen LogP contribution in [0.2, 0.25) is 0 Å². The summed E-state index contributed by atoms with van der Waals surface area (Å²) < 4.78 is 1.91. The van der Waals surface area contributed by atoms with Gasteiger partial charge in [-0.3, -0.25) is 9.59 Å². The summed E-state index contributed by atoms with van der Waals surface area (Å²) in [5.74, 6) is 0.464. The molecule has 1 fully saturated rings. The lowest BCUT2D eigenvalue weighted by Crippen LogP contribution is -2.47. The third-order valence-corrected chi connectivity index (χ3v) is 7.99. The van der Waals surface area contributed by atoms with Crippen LogP contribution in [0.25, 0.3) is 16.9 Å². The van der Waals surface area contributed by atoms with Gasteiger partial charge in [-0.15, -0.1) is 0 Å². The van der Waals surface area contributed by atoms with E-state index in [-0.39, 0.29) is 17.2 Å². The van der Waals surface area contributed by atoms with Gasteiger partial charge in [0.1, 0.15) is 0 Å². The Labute approximate surface area is 257 Å². The Kier molecular flexibility index (Phi) is 7.88. The fourth-order valence-corrected chi connectivity index (χ4v) is 5.26. The highest BCUT2D eigenvalue weighted by atomic mass is 16.2. The molecule has 5 aromatic rings. The second-order valence-corrected chi connectivity index (χ2v) is 12.3. The molecule has 3 heterocycles. The molecule has 2 amide bonds. The molecule has 0 atom stereocenters. The standard InChI is InChI=1S/C35H37N7O2/c1-35(2,3)27-12-8-24(9-13-27)33(43)38-29-7-5-6-26(22-29)30-23-42-17-16-36-32(42)31(39-30)37-28-14-10-25(11-15-28)34(44)41-20-18-40(4)19-21-41/h5-17,22-23H,18-21H2,1-4H3,(H,37,39)(H,38,43). The first kappa shape index (κ1) is 29.1. The van der Waals surface area contributed by atoms with E-state index in [4.69, 9.17) is 4.98 Å². The number of likely N-dealkylation sites (N-methyl/N-ethyl adjacent to an activating group) is 1. The lowest BCUT2D eigenvalue weighted by atomic mass is 9.87. The van der Waals surface area contributed by atoms with E-state index in [1.165, 1.54) is 5.56 Å². The largest absolute Gasteiger partial charge is 0.337 e. The Morgan fingerprint density at radius 1 is 0.841 bits per heavy atom. The molecule has 0 radical (unpaired) electrons. The molecule has 0 saturated carbocycles. The highest BCUT2D eigenvalue weighted by Crippen LogP contribution is 2.27. The molecule has 3 aromatic carbocycles. The van der Waals surface area contributed by atoms with Crippen molar-refractivity contribution in [3.8, 4) is 11.3 Å². The smallest absolute Gasteiger partial charge is 0.255 e. The van der Waals surface area contributed by atoms with E-state index in [1.807, 2.05) is 94.5 Å². The molecular weight excluding hydrogens is 550 g/mol. The van der Waals surface area contributed by atoms with E-state index >= 15 is 0 Å². The van der Waals surface area contributed by atoms with Gasteiger partial charge in [0.15, 0.2) is 11.5 Å². The molecule has 9 heteroatoms. The van der Waals surface area contributed by atoms with Gasteiger partial charge in [0, 0.05) is 72.8 Å². The Bertz CT molecular complexity index is 1800.